The van der Waals surface area contributed by atoms with Crippen molar-refractivity contribution < 1.29 is 21.9 Å². The smallest absolute Gasteiger partial charge is 0.196 e. The average molecular weight is 385 g/mol. The van der Waals surface area contributed by atoms with E-state index in [0.29, 0.717) is 12.8 Å². The lowest BCUT2D eigenvalue weighted by Crippen LogP contribution is -2.54. The third kappa shape index (κ3) is 2.35. The fourth-order valence-electron chi connectivity index (χ4n) is 5.11. The van der Waals surface area contributed by atoms with Gasteiger partial charge in [0.2, 0.25) is 0 Å². The van der Waals surface area contributed by atoms with Crippen molar-refractivity contribution in [3.63, 3.8) is 0 Å². The van der Waals surface area contributed by atoms with Crippen LogP contribution < -0.4 is 0 Å². The molecule has 1 N–H and O–H groups in total. The fraction of sp³-hybridized carbons (Fsp3) is 0.556. The molecule has 0 saturated heterocycles. The molecule has 2 saturated carbocycles. The molecule has 138 valence electrons. The van der Waals surface area contributed by atoms with E-state index in [1.54, 1.807) is 18.2 Å². The molecular weight excluding hydrogens is 360 g/mol. The number of fused-ring (bicyclic) bond motifs is 2. The zero-order chi connectivity index (χ0) is 18.7. The molecule has 0 heterocycles. The van der Waals surface area contributed by atoms with Crippen molar-refractivity contribution in [3.05, 3.63) is 42.3 Å². The van der Waals surface area contributed by atoms with E-state index in [0.717, 1.165) is 11.8 Å². The van der Waals surface area contributed by atoms with Crippen LogP contribution in [0.1, 0.15) is 33.1 Å². The topological polar surface area (TPSA) is 88.5 Å². The van der Waals surface area contributed by atoms with Crippen LogP contribution in [0.25, 0.3) is 0 Å². The molecule has 2 aliphatic carbocycles. The molecule has 0 radical (unpaired) electrons. The first kappa shape index (κ1) is 18.6. The largest absolute Gasteiger partial charge is 0.392 e. The van der Waals surface area contributed by atoms with Crippen LogP contribution in [0.15, 0.2) is 47.2 Å². The molecule has 2 aliphatic rings. The first-order valence-electron chi connectivity index (χ1n) is 8.35. The molecular formula is C18H24O5S2. The van der Waals surface area contributed by atoms with E-state index in [1.807, 2.05) is 13.8 Å². The van der Waals surface area contributed by atoms with Crippen LogP contribution in [-0.2, 0) is 19.7 Å². The highest BCUT2D eigenvalue weighted by atomic mass is 32.3. The molecule has 4 unspecified atom stereocenters. The van der Waals surface area contributed by atoms with Gasteiger partial charge in [0.15, 0.2) is 24.3 Å². The standard InChI is InChI=1S/C18H24O5S2/c1-4-24(20,21)16(25(22,23)14-8-6-5-7-9-14)18-11-10-13(12-15(18)19)17(18,2)3/h4-9,13,15-16,19H,1,10-12H2,2-3H3. The molecule has 2 bridgehead atoms. The van der Waals surface area contributed by atoms with Gasteiger partial charge in [-0.3, -0.25) is 0 Å². The summed E-state index contributed by atoms with van der Waals surface area (Å²) in [7, 11) is -8.40. The molecule has 4 atom stereocenters. The number of aliphatic hydroxyl groups excluding tert-OH is 1. The summed E-state index contributed by atoms with van der Waals surface area (Å²) in [4.78, 5) is -0.0434. The number of benzene rings is 1. The van der Waals surface area contributed by atoms with E-state index in [-0.39, 0.29) is 10.8 Å². The quantitative estimate of drug-likeness (QED) is 0.843. The van der Waals surface area contributed by atoms with E-state index in [4.69, 9.17) is 0 Å². The zero-order valence-corrected chi connectivity index (χ0v) is 16.1. The van der Waals surface area contributed by atoms with Crippen molar-refractivity contribution in [1.82, 2.24) is 0 Å². The van der Waals surface area contributed by atoms with Crippen molar-refractivity contribution in [3.8, 4) is 0 Å². The predicted octanol–water partition coefficient (Wildman–Crippen LogP) is 2.53. The van der Waals surface area contributed by atoms with Gasteiger partial charge in [0.05, 0.1) is 11.0 Å². The number of sulfone groups is 2. The van der Waals surface area contributed by atoms with Gasteiger partial charge < -0.3 is 5.11 Å². The monoisotopic (exact) mass is 384 g/mol. The molecule has 5 nitrogen and oxygen atoms in total. The lowest BCUT2D eigenvalue weighted by Gasteiger charge is -2.45. The van der Waals surface area contributed by atoms with Crippen LogP contribution >= 0.6 is 0 Å². The SMILES string of the molecule is C=CS(=O)(=O)C(C12CCC(CC1O)C2(C)C)S(=O)(=O)c1ccccc1. The Morgan fingerprint density at radius 1 is 1.20 bits per heavy atom. The average Bonchev–Trinajstić information content (AvgIpc) is 2.90. The summed E-state index contributed by atoms with van der Waals surface area (Å²) in [6, 6.07) is 7.61. The highest BCUT2D eigenvalue weighted by Crippen LogP contribution is 2.69. The molecule has 2 fully saturated rings. The second-order valence-corrected chi connectivity index (χ2v) is 12.0. The minimum atomic E-state index is -4.22. The van der Waals surface area contributed by atoms with Crippen LogP contribution in [0.5, 0.6) is 0 Å². The Hall–Kier alpha value is -1.18. The molecule has 0 aliphatic heterocycles. The second kappa shape index (κ2) is 5.66. The third-order valence-corrected chi connectivity index (χ3v) is 11.5. The minimum Gasteiger partial charge on any atom is -0.392 e. The summed E-state index contributed by atoms with van der Waals surface area (Å²) in [6.45, 7) is 7.11. The van der Waals surface area contributed by atoms with Gasteiger partial charge in [0.25, 0.3) is 0 Å². The van der Waals surface area contributed by atoms with Gasteiger partial charge >= 0.3 is 0 Å². The maximum Gasteiger partial charge on any atom is 0.196 e. The fourth-order valence-corrected chi connectivity index (χ4v) is 10.3. The molecule has 0 amide bonds. The number of rotatable bonds is 5. The van der Waals surface area contributed by atoms with Gasteiger partial charge in [0.1, 0.15) is 0 Å². The lowest BCUT2D eigenvalue weighted by molar-refractivity contribution is 0.00748. The third-order valence-electron chi connectivity index (χ3n) is 6.53. The molecule has 3 rings (SSSR count). The Kier molecular flexibility index (Phi) is 4.21. The first-order valence-corrected chi connectivity index (χ1v) is 11.5. The van der Waals surface area contributed by atoms with Crippen LogP contribution in [0.2, 0.25) is 0 Å². The summed E-state index contributed by atoms with van der Waals surface area (Å²) in [5.74, 6) is 0.107. The maximum atomic E-state index is 13.4. The van der Waals surface area contributed by atoms with Gasteiger partial charge in [-0.05, 0) is 42.7 Å². The van der Waals surface area contributed by atoms with Gasteiger partial charge in [-0.15, -0.1) is 0 Å². The second-order valence-electron chi connectivity index (χ2n) is 7.69. The maximum absolute atomic E-state index is 13.4. The number of hydrogen-bond donors (Lipinski definition) is 1. The predicted molar refractivity (Wildman–Crippen MR) is 96.1 cm³/mol. The van der Waals surface area contributed by atoms with Crippen molar-refractivity contribution in [2.24, 2.45) is 16.7 Å². The highest BCUT2D eigenvalue weighted by Gasteiger charge is 2.72. The molecule has 25 heavy (non-hydrogen) atoms. The van der Waals surface area contributed by atoms with Crippen molar-refractivity contribution >= 4 is 19.7 Å². The molecule has 7 heteroatoms. The Morgan fingerprint density at radius 3 is 2.24 bits per heavy atom. The van der Waals surface area contributed by atoms with Crippen molar-refractivity contribution in [2.75, 3.05) is 0 Å². The normalized spacial score (nSPS) is 32.4. The Balaban J connectivity index is 2.31. The van der Waals surface area contributed by atoms with Gasteiger partial charge in [-0.1, -0.05) is 38.6 Å². The van der Waals surface area contributed by atoms with Gasteiger partial charge in [0, 0.05) is 10.8 Å². The van der Waals surface area contributed by atoms with Crippen LogP contribution in [-0.4, -0.2) is 32.6 Å². The molecule has 0 aromatic heterocycles. The van der Waals surface area contributed by atoms with E-state index in [9.17, 15) is 21.9 Å². The summed E-state index contributed by atoms with van der Waals surface area (Å²) >= 11 is 0. The first-order chi connectivity index (χ1) is 11.5. The Bertz CT molecular complexity index is 887. The van der Waals surface area contributed by atoms with E-state index in [1.165, 1.54) is 12.1 Å². The van der Waals surface area contributed by atoms with Gasteiger partial charge in [-0.2, -0.15) is 0 Å². The summed E-state index contributed by atoms with van der Waals surface area (Å²) in [5.41, 5.74) is -1.84. The van der Waals surface area contributed by atoms with Crippen LogP contribution in [0.4, 0.5) is 0 Å². The van der Waals surface area contributed by atoms with Crippen molar-refractivity contribution in [1.29, 1.82) is 0 Å². The lowest BCUT2D eigenvalue weighted by atomic mass is 9.69. The molecule has 0 spiro atoms. The van der Waals surface area contributed by atoms with Crippen molar-refractivity contribution in [2.45, 2.75) is 48.7 Å². The number of hydrogen-bond acceptors (Lipinski definition) is 5. The minimum absolute atomic E-state index is 0.0434. The van der Waals surface area contributed by atoms with Crippen LogP contribution in [0, 0.1) is 16.7 Å². The molecule has 1 aromatic rings. The summed E-state index contributed by atoms with van der Waals surface area (Å²) < 4.78 is 50.9. The molecule has 1 aromatic carbocycles. The van der Waals surface area contributed by atoms with E-state index < -0.39 is 41.2 Å². The van der Waals surface area contributed by atoms with E-state index in [2.05, 4.69) is 6.58 Å². The van der Waals surface area contributed by atoms with Crippen LogP contribution in [0.3, 0.4) is 0 Å². The Morgan fingerprint density at radius 2 is 1.80 bits per heavy atom. The van der Waals surface area contributed by atoms with E-state index >= 15 is 0 Å². The number of aliphatic hydroxyl groups is 1. The Labute approximate surface area is 149 Å². The van der Waals surface area contributed by atoms with Gasteiger partial charge in [-0.25, -0.2) is 16.8 Å². The summed E-state index contributed by atoms with van der Waals surface area (Å²) in [6.07, 6.45) is 0.549. The highest BCUT2D eigenvalue weighted by molar-refractivity contribution is 8.10. The summed E-state index contributed by atoms with van der Waals surface area (Å²) in [5, 5.41) is 11.5. The zero-order valence-electron chi connectivity index (χ0n) is 14.4.